The number of aliphatic hydroxyl groups is 1. The maximum atomic E-state index is 14.6. The van der Waals surface area contributed by atoms with Crippen molar-refractivity contribution in [1.29, 1.82) is 0 Å². The van der Waals surface area contributed by atoms with Crippen molar-refractivity contribution in [1.82, 2.24) is 0 Å². The molecule has 4 rings (SSSR count). The number of ketones is 1. The lowest BCUT2D eigenvalue weighted by atomic mass is 9.45. The highest BCUT2D eigenvalue weighted by Gasteiger charge is 2.61. The van der Waals surface area contributed by atoms with Gasteiger partial charge in [0.15, 0.2) is 12.0 Å². The highest BCUT2D eigenvalue weighted by Crippen LogP contribution is 2.67. The number of alkyl halides is 1. The van der Waals surface area contributed by atoms with Crippen LogP contribution < -0.4 is 0 Å². The molecule has 140 valence electrons. The molecule has 0 aliphatic heterocycles. The standard InChI is InChI=1S/C22H33FO2/c1-13(12-24)15-6-7-16-14-4-5-18-20(23)19(25)9-11-22(18,3)17(14)8-10-21(15,16)2/h9,11,13-18,20,24H,4-8,10,12H2,1-3H3/t13?,14-,15+,16-,17-,18?,20?,21+,22+/m0/s1. The lowest BCUT2D eigenvalue weighted by molar-refractivity contribution is -0.133. The van der Waals surface area contributed by atoms with Crippen molar-refractivity contribution in [2.75, 3.05) is 6.61 Å². The van der Waals surface area contributed by atoms with E-state index in [1.807, 2.05) is 0 Å². The van der Waals surface area contributed by atoms with Crippen molar-refractivity contribution < 1.29 is 14.3 Å². The largest absolute Gasteiger partial charge is 0.396 e. The van der Waals surface area contributed by atoms with Crippen LogP contribution in [0.15, 0.2) is 12.2 Å². The quantitative estimate of drug-likeness (QED) is 0.794. The molecule has 0 amide bonds. The molecule has 9 atom stereocenters. The minimum atomic E-state index is -1.30. The lowest BCUT2D eigenvalue weighted by Crippen LogP contribution is -2.55. The minimum absolute atomic E-state index is 0.121. The van der Waals surface area contributed by atoms with Gasteiger partial charge in [-0.05, 0) is 85.0 Å². The van der Waals surface area contributed by atoms with Gasteiger partial charge in [-0.1, -0.05) is 26.8 Å². The van der Waals surface area contributed by atoms with Gasteiger partial charge in [0.25, 0.3) is 0 Å². The molecule has 3 fully saturated rings. The molecule has 0 spiro atoms. The zero-order valence-electron chi connectivity index (χ0n) is 15.9. The Morgan fingerprint density at radius 2 is 1.88 bits per heavy atom. The zero-order chi connectivity index (χ0) is 18.0. The summed E-state index contributed by atoms with van der Waals surface area (Å²) in [7, 11) is 0. The van der Waals surface area contributed by atoms with Crippen LogP contribution in [0.1, 0.15) is 59.3 Å². The molecule has 0 bridgehead atoms. The molecule has 3 heteroatoms. The summed E-state index contributed by atoms with van der Waals surface area (Å²) in [5, 5.41) is 9.70. The van der Waals surface area contributed by atoms with Crippen molar-refractivity contribution in [2.45, 2.75) is 65.5 Å². The fraction of sp³-hybridized carbons (Fsp3) is 0.864. The number of rotatable bonds is 2. The van der Waals surface area contributed by atoms with E-state index in [0.717, 1.165) is 19.3 Å². The van der Waals surface area contributed by atoms with E-state index >= 15 is 0 Å². The molecule has 0 aromatic carbocycles. The maximum Gasteiger partial charge on any atom is 0.189 e. The van der Waals surface area contributed by atoms with Crippen molar-refractivity contribution >= 4 is 5.78 Å². The number of hydrogen-bond acceptors (Lipinski definition) is 2. The SMILES string of the molecule is CC(CO)[C@H]1CC[C@H]2[C@@H]3CCC4C(F)C(=O)C=C[C@]4(C)[C@H]3CC[C@]12C. The number of carbonyl (C=O) groups excluding carboxylic acids is 1. The van der Waals surface area contributed by atoms with Crippen molar-refractivity contribution in [3.05, 3.63) is 12.2 Å². The monoisotopic (exact) mass is 348 g/mol. The Balaban J connectivity index is 1.64. The highest BCUT2D eigenvalue weighted by molar-refractivity contribution is 5.95. The second-order valence-electron chi connectivity index (χ2n) is 9.95. The summed E-state index contributed by atoms with van der Waals surface area (Å²) in [6.07, 6.45) is 9.05. The Kier molecular flexibility index (Phi) is 4.18. The van der Waals surface area contributed by atoms with Gasteiger partial charge in [0.2, 0.25) is 0 Å². The van der Waals surface area contributed by atoms with E-state index in [2.05, 4.69) is 26.8 Å². The molecule has 4 aliphatic carbocycles. The first-order chi connectivity index (χ1) is 11.8. The predicted molar refractivity (Wildman–Crippen MR) is 96.7 cm³/mol. The van der Waals surface area contributed by atoms with Crippen molar-refractivity contribution in [3.8, 4) is 0 Å². The van der Waals surface area contributed by atoms with E-state index in [9.17, 15) is 14.3 Å². The van der Waals surface area contributed by atoms with Crippen molar-refractivity contribution in [2.24, 2.45) is 46.3 Å². The van der Waals surface area contributed by atoms with E-state index < -0.39 is 6.17 Å². The van der Waals surface area contributed by atoms with Crippen LogP contribution in [0.25, 0.3) is 0 Å². The van der Waals surface area contributed by atoms with Gasteiger partial charge in [0.05, 0.1) is 0 Å². The Morgan fingerprint density at radius 1 is 1.16 bits per heavy atom. The van der Waals surface area contributed by atoms with E-state index in [1.54, 1.807) is 0 Å². The summed E-state index contributed by atoms with van der Waals surface area (Å²) in [5.41, 5.74) is 0.175. The fourth-order valence-electron chi connectivity index (χ4n) is 7.78. The first kappa shape index (κ1) is 17.7. The number of carbonyl (C=O) groups is 1. The molecule has 0 aromatic rings. The maximum absolute atomic E-state index is 14.6. The fourth-order valence-corrected chi connectivity index (χ4v) is 7.78. The molecule has 0 radical (unpaired) electrons. The van der Waals surface area contributed by atoms with Gasteiger partial charge in [0.1, 0.15) is 0 Å². The number of halogens is 1. The van der Waals surface area contributed by atoms with E-state index in [1.165, 1.54) is 25.3 Å². The summed E-state index contributed by atoms with van der Waals surface area (Å²) in [5.74, 6) is 2.42. The van der Waals surface area contributed by atoms with Crippen LogP contribution in [0.2, 0.25) is 0 Å². The average Bonchev–Trinajstić information content (AvgIpc) is 2.95. The van der Waals surface area contributed by atoms with Gasteiger partial charge in [-0.3, -0.25) is 4.79 Å². The number of fused-ring (bicyclic) bond motifs is 5. The van der Waals surface area contributed by atoms with Gasteiger partial charge >= 0.3 is 0 Å². The van der Waals surface area contributed by atoms with Crippen LogP contribution in [0, 0.1) is 46.3 Å². The predicted octanol–water partition coefficient (Wildman–Crippen LogP) is 4.57. The number of aliphatic hydroxyl groups excluding tert-OH is 1. The summed E-state index contributed by atoms with van der Waals surface area (Å²) in [4.78, 5) is 11.9. The summed E-state index contributed by atoms with van der Waals surface area (Å²) < 4.78 is 14.6. The Hall–Kier alpha value is -0.700. The summed E-state index contributed by atoms with van der Waals surface area (Å²) in [6.45, 7) is 7.17. The topological polar surface area (TPSA) is 37.3 Å². The Labute approximate surface area is 151 Å². The minimum Gasteiger partial charge on any atom is -0.396 e. The van der Waals surface area contributed by atoms with Crippen LogP contribution in [0.3, 0.4) is 0 Å². The number of hydrogen-bond donors (Lipinski definition) is 1. The number of allylic oxidation sites excluding steroid dienone is 2. The molecule has 0 heterocycles. The molecule has 3 unspecified atom stereocenters. The molecule has 0 saturated heterocycles. The van der Waals surface area contributed by atoms with Gasteiger partial charge in [-0.2, -0.15) is 0 Å². The van der Waals surface area contributed by atoms with Crippen LogP contribution in [0.4, 0.5) is 4.39 Å². The van der Waals surface area contributed by atoms with E-state index in [4.69, 9.17) is 0 Å². The molecule has 4 aliphatic rings. The van der Waals surface area contributed by atoms with Gasteiger partial charge in [-0.15, -0.1) is 0 Å². The highest BCUT2D eigenvalue weighted by atomic mass is 19.1. The average molecular weight is 349 g/mol. The normalized spacial score (nSPS) is 53.1. The summed E-state index contributed by atoms with van der Waals surface area (Å²) >= 11 is 0. The lowest BCUT2D eigenvalue weighted by Gasteiger charge is -2.59. The third kappa shape index (κ3) is 2.33. The molecular weight excluding hydrogens is 315 g/mol. The molecule has 1 N–H and O–H groups in total. The van der Waals surface area contributed by atoms with Gasteiger partial charge < -0.3 is 5.11 Å². The molecule has 3 saturated carbocycles. The van der Waals surface area contributed by atoms with Crippen LogP contribution in [-0.4, -0.2) is 23.7 Å². The van der Waals surface area contributed by atoms with Crippen LogP contribution >= 0.6 is 0 Å². The second kappa shape index (κ2) is 5.90. The first-order valence-corrected chi connectivity index (χ1v) is 10.3. The first-order valence-electron chi connectivity index (χ1n) is 10.3. The van der Waals surface area contributed by atoms with Crippen LogP contribution in [-0.2, 0) is 4.79 Å². The third-order valence-electron chi connectivity index (χ3n) is 9.13. The second-order valence-corrected chi connectivity index (χ2v) is 9.95. The van der Waals surface area contributed by atoms with Gasteiger partial charge in [0, 0.05) is 12.5 Å². The Morgan fingerprint density at radius 3 is 2.60 bits per heavy atom. The Bertz CT molecular complexity index is 587. The third-order valence-corrected chi connectivity index (χ3v) is 9.13. The van der Waals surface area contributed by atoms with E-state index in [0.29, 0.717) is 35.0 Å². The van der Waals surface area contributed by atoms with Crippen molar-refractivity contribution in [3.63, 3.8) is 0 Å². The molecular formula is C22H33FO2. The van der Waals surface area contributed by atoms with Crippen LogP contribution in [0.5, 0.6) is 0 Å². The zero-order valence-corrected chi connectivity index (χ0v) is 15.9. The molecule has 2 nitrogen and oxygen atoms in total. The van der Waals surface area contributed by atoms with Gasteiger partial charge in [-0.25, -0.2) is 4.39 Å². The molecule has 25 heavy (non-hydrogen) atoms. The molecule has 0 aromatic heterocycles. The smallest absolute Gasteiger partial charge is 0.189 e. The van der Waals surface area contributed by atoms with E-state index in [-0.39, 0.29) is 23.7 Å². The summed E-state index contributed by atoms with van der Waals surface area (Å²) in [6, 6.07) is 0.